The highest BCUT2D eigenvalue weighted by Gasteiger charge is 2.14. The summed E-state index contributed by atoms with van der Waals surface area (Å²) in [6.07, 6.45) is 0. The van der Waals surface area contributed by atoms with Crippen molar-refractivity contribution in [3.63, 3.8) is 0 Å². The second kappa shape index (κ2) is 5.76. The number of thiol groups is 1. The van der Waals surface area contributed by atoms with Crippen LogP contribution in [0, 0.1) is 0 Å². The van der Waals surface area contributed by atoms with Crippen LogP contribution in [0.1, 0.15) is 5.56 Å². The molecule has 1 aliphatic rings. The van der Waals surface area contributed by atoms with Crippen LogP contribution in [0.25, 0.3) is 0 Å². The SMILES string of the molecule is CN(C)Cc1ccc(N2CCN(S)CC2)cc1. The van der Waals surface area contributed by atoms with Crippen molar-refractivity contribution in [2.75, 3.05) is 45.2 Å². The first-order chi connectivity index (χ1) is 8.15. The Kier molecular flexibility index (Phi) is 4.31. The maximum absolute atomic E-state index is 4.37. The molecule has 0 radical (unpaired) electrons. The molecule has 0 spiro atoms. The molecule has 1 saturated heterocycles. The van der Waals surface area contributed by atoms with E-state index in [1.807, 2.05) is 0 Å². The van der Waals surface area contributed by atoms with E-state index in [2.05, 4.69) is 65.3 Å². The molecule has 1 heterocycles. The van der Waals surface area contributed by atoms with Crippen LogP contribution in [0.5, 0.6) is 0 Å². The van der Waals surface area contributed by atoms with Gasteiger partial charge in [0, 0.05) is 38.4 Å². The molecule has 2 rings (SSSR count). The summed E-state index contributed by atoms with van der Waals surface area (Å²) < 4.78 is 2.08. The highest BCUT2D eigenvalue weighted by atomic mass is 32.1. The van der Waals surface area contributed by atoms with Gasteiger partial charge >= 0.3 is 0 Å². The molecule has 1 aromatic rings. The summed E-state index contributed by atoms with van der Waals surface area (Å²) in [4.78, 5) is 4.61. The first-order valence-corrected chi connectivity index (χ1v) is 6.47. The maximum Gasteiger partial charge on any atom is 0.0367 e. The molecule has 0 aromatic heterocycles. The second-order valence-electron chi connectivity index (χ2n) is 4.84. The lowest BCUT2D eigenvalue weighted by molar-refractivity contribution is 0.402. The second-order valence-corrected chi connectivity index (χ2v) is 5.41. The van der Waals surface area contributed by atoms with Crippen LogP contribution in [0.2, 0.25) is 0 Å². The van der Waals surface area contributed by atoms with E-state index in [9.17, 15) is 0 Å². The van der Waals surface area contributed by atoms with Crippen molar-refractivity contribution in [2.45, 2.75) is 6.54 Å². The molecule has 1 fully saturated rings. The molecular weight excluding hydrogens is 230 g/mol. The van der Waals surface area contributed by atoms with E-state index >= 15 is 0 Å². The van der Waals surface area contributed by atoms with E-state index < -0.39 is 0 Å². The molecule has 0 aliphatic carbocycles. The Morgan fingerprint density at radius 1 is 1.06 bits per heavy atom. The van der Waals surface area contributed by atoms with E-state index in [1.165, 1.54) is 11.3 Å². The van der Waals surface area contributed by atoms with Crippen LogP contribution in [0.3, 0.4) is 0 Å². The van der Waals surface area contributed by atoms with Gasteiger partial charge in [0.05, 0.1) is 0 Å². The van der Waals surface area contributed by atoms with E-state index in [-0.39, 0.29) is 0 Å². The van der Waals surface area contributed by atoms with Gasteiger partial charge < -0.3 is 9.80 Å². The van der Waals surface area contributed by atoms with E-state index in [0.717, 1.165) is 32.7 Å². The Balaban J connectivity index is 1.97. The van der Waals surface area contributed by atoms with Gasteiger partial charge in [-0.25, -0.2) is 4.31 Å². The number of anilines is 1. The molecule has 0 unspecified atom stereocenters. The molecule has 4 heteroatoms. The first kappa shape index (κ1) is 12.7. The lowest BCUT2D eigenvalue weighted by atomic mass is 10.2. The van der Waals surface area contributed by atoms with Crippen molar-refractivity contribution in [3.8, 4) is 0 Å². The van der Waals surface area contributed by atoms with Gasteiger partial charge in [0.15, 0.2) is 0 Å². The fraction of sp³-hybridized carbons (Fsp3) is 0.538. The average Bonchev–Trinajstić information content (AvgIpc) is 2.30. The van der Waals surface area contributed by atoms with Crippen LogP contribution < -0.4 is 4.90 Å². The Labute approximate surface area is 110 Å². The van der Waals surface area contributed by atoms with Crippen molar-refractivity contribution < 1.29 is 0 Å². The lowest BCUT2D eigenvalue weighted by Gasteiger charge is -2.33. The largest absolute Gasteiger partial charge is 0.369 e. The summed E-state index contributed by atoms with van der Waals surface area (Å²) in [7, 11) is 4.19. The van der Waals surface area contributed by atoms with Gasteiger partial charge in [0.1, 0.15) is 0 Å². The Bertz CT molecular complexity index is 342. The van der Waals surface area contributed by atoms with Crippen molar-refractivity contribution in [2.24, 2.45) is 0 Å². The molecule has 0 saturated carbocycles. The van der Waals surface area contributed by atoms with Gasteiger partial charge in [-0.2, -0.15) is 0 Å². The van der Waals surface area contributed by atoms with Crippen LogP contribution in [0.4, 0.5) is 5.69 Å². The number of nitrogens with zero attached hydrogens (tertiary/aromatic N) is 3. The standard InChI is InChI=1S/C13H21N3S/c1-14(2)11-12-3-5-13(6-4-12)15-7-9-16(17)10-8-15/h3-6,17H,7-11H2,1-2H3. The minimum absolute atomic E-state index is 1.00. The quantitative estimate of drug-likeness (QED) is 0.820. The zero-order valence-corrected chi connectivity index (χ0v) is 11.5. The number of piperazine rings is 1. The average molecular weight is 251 g/mol. The lowest BCUT2D eigenvalue weighted by Crippen LogP contribution is -2.42. The molecule has 1 aromatic carbocycles. The highest BCUT2D eigenvalue weighted by molar-refractivity contribution is 7.77. The van der Waals surface area contributed by atoms with Crippen molar-refractivity contribution in [1.29, 1.82) is 0 Å². The van der Waals surface area contributed by atoms with E-state index in [1.54, 1.807) is 0 Å². The summed E-state index contributed by atoms with van der Waals surface area (Å²) in [6, 6.07) is 8.91. The summed E-state index contributed by atoms with van der Waals surface area (Å²) in [5.41, 5.74) is 2.69. The minimum Gasteiger partial charge on any atom is -0.369 e. The van der Waals surface area contributed by atoms with Crippen LogP contribution in [0.15, 0.2) is 24.3 Å². The fourth-order valence-electron chi connectivity index (χ4n) is 2.13. The predicted octanol–water partition coefficient (Wildman–Crippen LogP) is 1.72. The van der Waals surface area contributed by atoms with Gasteiger partial charge in [-0.15, -0.1) is 0 Å². The van der Waals surface area contributed by atoms with Gasteiger partial charge in [0.25, 0.3) is 0 Å². The van der Waals surface area contributed by atoms with Crippen molar-refractivity contribution in [3.05, 3.63) is 29.8 Å². The van der Waals surface area contributed by atoms with Crippen molar-refractivity contribution >= 4 is 18.5 Å². The van der Waals surface area contributed by atoms with E-state index in [4.69, 9.17) is 0 Å². The fourth-order valence-corrected chi connectivity index (χ4v) is 2.31. The summed E-state index contributed by atoms with van der Waals surface area (Å²) >= 11 is 4.37. The Morgan fingerprint density at radius 2 is 1.65 bits per heavy atom. The third kappa shape index (κ3) is 3.63. The van der Waals surface area contributed by atoms with Gasteiger partial charge in [-0.1, -0.05) is 24.9 Å². The Hall–Kier alpha value is -0.710. The summed E-state index contributed by atoms with van der Waals surface area (Å²) in [6.45, 7) is 5.20. The van der Waals surface area contributed by atoms with Crippen LogP contribution in [-0.4, -0.2) is 49.5 Å². The molecule has 94 valence electrons. The zero-order valence-electron chi connectivity index (χ0n) is 10.6. The van der Waals surface area contributed by atoms with Crippen LogP contribution >= 0.6 is 12.8 Å². The molecular formula is C13H21N3S. The van der Waals surface area contributed by atoms with Crippen molar-refractivity contribution in [1.82, 2.24) is 9.21 Å². The van der Waals surface area contributed by atoms with Gasteiger partial charge in [-0.3, -0.25) is 0 Å². The topological polar surface area (TPSA) is 9.72 Å². The monoisotopic (exact) mass is 251 g/mol. The van der Waals surface area contributed by atoms with Gasteiger partial charge in [0.2, 0.25) is 0 Å². The normalized spacial score (nSPS) is 17.8. The molecule has 0 N–H and O–H groups in total. The predicted molar refractivity (Wildman–Crippen MR) is 76.6 cm³/mol. The first-order valence-electron chi connectivity index (χ1n) is 6.07. The smallest absolute Gasteiger partial charge is 0.0367 e. The number of benzene rings is 1. The zero-order chi connectivity index (χ0) is 12.3. The molecule has 17 heavy (non-hydrogen) atoms. The molecule has 0 atom stereocenters. The molecule has 0 amide bonds. The van der Waals surface area contributed by atoms with Crippen LogP contribution in [-0.2, 0) is 6.54 Å². The number of rotatable bonds is 3. The van der Waals surface area contributed by atoms with Gasteiger partial charge in [-0.05, 0) is 31.8 Å². The highest BCUT2D eigenvalue weighted by Crippen LogP contribution is 2.18. The van der Waals surface area contributed by atoms with E-state index in [0.29, 0.717) is 0 Å². The molecule has 1 aliphatic heterocycles. The minimum atomic E-state index is 1.00. The summed E-state index contributed by atoms with van der Waals surface area (Å²) in [5, 5.41) is 0. The number of hydrogen-bond acceptors (Lipinski definition) is 4. The Morgan fingerprint density at radius 3 is 2.18 bits per heavy atom. The number of hydrogen-bond donors (Lipinski definition) is 1. The summed E-state index contributed by atoms with van der Waals surface area (Å²) in [5.74, 6) is 0. The third-order valence-corrected chi connectivity index (χ3v) is 3.46. The third-order valence-electron chi connectivity index (χ3n) is 3.06. The molecule has 3 nitrogen and oxygen atoms in total. The molecule has 0 bridgehead atoms. The maximum atomic E-state index is 4.37.